The molecule has 1 amide bonds. The van der Waals surface area contributed by atoms with Gasteiger partial charge in [0.25, 0.3) is 0 Å². The highest BCUT2D eigenvalue weighted by Crippen LogP contribution is 2.23. The molecule has 1 aliphatic rings. The first-order chi connectivity index (χ1) is 10.5. The monoisotopic (exact) mass is 315 g/mol. The van der Waals surface area contributed by atoms with Crippen molar-refractivity contribution in [3.63, 3.8) is 0 Å². The molecule has 1 aliphatic heterocycles. The average Bonchev–Trinajstić information content (AvgIpc) is 2.89. The van der Waals surface area contributed by atoms with Gasteiger partial charge in [-0.3, -0.25) is 4.90 Å². The van der Waals surface area contributed by atoms with Crippen molar-refractivity contribution < 1.29 is 33.0 Å². The van der Waals surface area contributed by atoms with Gasteiger partial charge in [0.15, 0.2) is 0 Å². The molecule has 0 unspecified atom stereocenters. The van der Waals surface area contributed by atoms with Crippen LogP contribution in [0.25, 0.3) is 0 Å². The third kappa shape index (κ3) is 4.14. The molecule has 1 fully saturated rings. The number of carboxylic acids is 1. The average molecular weight is 315 g/mol. The fourth-order valence-electron chi connectivity index (χ4n) is 2.28. The number of rotatable bonds is 5. The fourth-order valence-corrected chi connectivity index (χ4v) is 2.28. The third-order valence-corrected chi connectivity index (χ3v) is 3.28. The number of halogens is 2. The predicted octanol–water partition coefficient (Wildman–Crippen LogP) is 2.09. The first kappa shape index (κ1) is 16.2. The van der Waals surface area contributed by atoms with E-state index in [0.29, 0.717) is 0 Å². The van der Waals surface area contributed by atoms with Crippen LogP contribution in [0.15, 0.2) is 30.3 Å². The molecule has 2 atom stereocenters. The van der Waals surface area contributed by atoms with Gasteiger partial charge in [-0.1, -0.05) is 30.3 Å². The second-order valence-corrected chi connectivity index (χ2v) is 4.80. The van der Waals surface area contributed by atoms with Crippen LogP contribution in [0.1, 0.15) is 12.0 Å². The van der Waals surface area contributed by atoms with Gasteiger partial charge >= 0.3 is 18.7 Å². The zero-order valence-corrected chi connectivity index (χ0v) is 11.5. The Kier molecular flexibility index (Phi) is 5.26. The lowest BCUT2D eigenvalue weighted by atomic mass is 10.2. The molecule has 1 aromatic rings. The summed E-state index contributed by atoms with van der Waals surface area (Å²) < 4.78 is 33.7. The topological polar surface area (TPSA) is 76.1 Å². The molecule has 0 radical (unpaired) electrons. The summed E-state index contributed by atoms with van der Waals surface area (Å²) in [5.41, 5.74) is 0.738. The van der Waals surface area contributed by atoms with Crippen LogP contribution < -0.4 is 0 Å². The Hall–Kier alpha value is -2.22. The standard InChI is InChI=1S/C14H15F2NO5/c15-13(16)22-10-6-11(12(18)19)17(7-10)14(20)21-8-9-4-2-1-3-5-9/h1-5,10-11,13H,6-8H2,(H,18,19)/t10-,11+/m1/s1. The second-order valence-electron chi connectivity index (χ2n) is 4.80. The number of amides is 1. The van der Waals surface area contributed by atoms with Crippen LogP contribution in [0.2, 0.25) is 0 Å². The van der Waals surface area contributed by atoms with E-state index in [4.69, 9.17) is 9.84 Å². The van der Waals surface area contributed by atoms with Crippen LogP contribution in [-0.4, -0.2) is 47.4 Å². The summed E-state index contributed by atoms with van der Waals surface area (Å²) in [6, 6.07) is 7.60. The minimum atomic E-state index is -3.01. The Morgan fingerprint density at radius 1 is 1.32 bits per heavy atom. The Bertz CT molecular complexity index is 525. The zero-order chi connectivity index (χ0) is 16.1. The highest BCUT2D eigenvalue weighted by atomic mass is 19.3. The van der Waals surface area contributed by atoms with Crippen LogP contribution >= 0.6 is 0 Å². The summed E-state index contributed by atoms with van der Waals surface area (Å²) in [7, 11) is 0. The number of nitrogens with zero attached hydrogens (tertiary/aromatic N) is 1. The summed E-state index contributed by atoms with van der Waals surface area (Å²) in [5.74, 6) is -1.28. The quantitative estimate of drug-likeness (QED) is 0.900. The number of hydrogen-bond donors (Lipinski definition) is 1. The van der Waals surface area contributed by atoms with E-state index in [2.05, 4.69) is 4.74 Å². The molecule has 8 heteroatoms. The molecule has 0 bridgehead atoms. The van der Waals surface area contributed by atoms with E-state index in [-0.39, 0.29) is 19.6 Å². The summed E-state index contributed by atoms with van der Waals surface area (Å²) in [6.45, 7) is -3.28. The summed E-state index contributed by atoms with van der Waals surface area (Å²) in [6.07, 6.45) is -2.08. The summed E-state index contributed by atoms with van der Waals surface area (Å²) >= 11 is 0. The normalized spacial score (nSPS) is 21.1. The lowest BCUT2D eigenvalue weighted by Gasteiger charge is -2.20. The largest absolute Gasteiger partial charge is 0.480 e. The van der Waals surface area contributed by atoms with Gasteiger partial charge < -0.3 is 14.6 Å². The maximum atomic E-state index is 12.2. The molecule has 120 valence electrons. The Morgan fingerprint density at radius 2 is 2.00 bits per heavy atom. The van der Waals surface area contributed by atoms with Crippen LogP contribution in [0.3, 0.4) is 0 Å². The molecule has 0 aromatic heterocycles. The molecule has 1 saturated heterocycles. The number of alkyl halides is 2. The number of hydrogen-bond acceptors (Lipinski definition) is 4. The molecule has 1 heterocycles. The molecule has 1 N–H and O–H groups in total. The predicted molar refractivity (Wildman–Crippen MR) is 70.3 cm³/mol. The van der Waals surface area contributed by atoms with Crippen molar-refractivity contribution in [3.8, 4) is 0 Å². The van der Waals surface area contributed by atoms with Gasteiger partial charge in [0, 0.05) is 6.42 Å². The smallest absolute Gasteiger partial charge is 0.410 e. The van der Waals surface area contributed by atoms with E-state index >= 15 is 0 Å². The molecule has 0 spiro atoms. The van der Waals surface area contributed by atoms with Crippen molar-refractivity contribution in [2.24, 2.45) is 0 Å². The van der Waals surface area contributed by atoms with E-state index in [9.17, 15) is 18.4 Å². The molecule has 1 aromatic carbocycles. The van der Waals surface area contributed by atoms with Crippen molar-refractivity contribution in [2.45, 2.75) is 31.8 Å². The van der Waals surface area contributed by atoms with Gasteiger partial charge in [0.2, 0.25) is 0 Å². The van der Waals surface area contributed by atoms with E-state index in [1.165, 1.54) is 0 Å². The number of benzene rings is 1. The van der Waals surface area contributed by atoms with Gasteiger partial charge in [-0.15, -0.1) is 0 Å². The van der Waals surface area contributed by atoms with Crippen LogP contribution in [0.4, 0.5) is 13.6 Å². The minimum absolute atomic E-state index is 0.0249. The number of carbonyl (C=O) groups excluding carboxylic acids is 1. The van der Waals surface area contributed by atoms with Gasteiger partial charge in [0.1, 0.15) is 12.6 Å². The first-order valence-corrected chi connectivity index (χ1v) is 6.61. The highest BCUT2D eigenvalue weighted by molar-refractivity contribution is 5.80. The van der Waals surface area contributed by atoms with E-state index < -0.39 is 30.8 Å². The van der Waals surface area contributed by atoms with Gasteiger partial charge in [-0.2, -0.15) is 8.78 Å². The second kappa shape index (κ2) is 7.17. The molecule has 6 nitrogen and oxygen atoms in total. The number of aliphatic carboxylic acids is 1. The number of ether oxygens (including phenoxy) is 2. The van der Waals surface area contributed by atoms with Crippen molar-refractivity contribution in [1.82, 2.24) is 4.90 Å². The van der Waals surface area contributed by atoms with E-state index in [1.54, 1.807) is 30.3 Å². The molecule has 0 aliphatic carbocycles. The van der Waals surface area contributed by atoms with Crippen molar-refractivity contribution in [3.05, 3.63) is 35.9 Å². The summed E-state index contributed by atoms with van der Waals surface area (Å²) in [5, 5.41) is 9.08. The summed E-state index contributed by atoms with van der Waals surface area (Å²) in [4.78, 5) is 24.0. The maximum Gasteiger partial charge on any atom is 0.410 e. The first-order valence-electron chi connectivity index (χ1n) is 6.61. The van der Waals surface area contributed by atoms with Gasteiger partial charge in [0.05, 0.1) is 12.6 Å². The third-order valence-electron chi connectivity index (χ3n) is 3.28. The molecular formula is C14H15F2NO5. The van der Waals surface area contributed by atoms with Crippen LogP contribution in [0, 0.1) is 0 Å². The molecular weight excluding hydrogens is 300 g/mol. The minimum Gasteiger partial charge on any atom is -0.480 e. The number of likely N-dealkylation sites (tertiary alicyclic amines) is 1. The van der Waals surface area contributed by atoms with Crippen molar-refractivity contribution in [2.75, 3.05) is 6.54 Å². The molecule has 0 saturated carbocycles. The fraction of sp³-hybridized carbons (Fsp3) is 0.429. The molecule has 2 rings (SSSR count). The van der Waals surface area contributed by atoms with Gasteiger partial charge in [-0.25, -0.2) is 9.59 Å². The Labute approximate surface area is 125 Å². The highest BCUT2D eigenvalue weighted by Gasteiger charge is 2.42. The number of carbonyl (C=O) groups is 2. The Morgan fingerprint density at radius 3 is 2.59 bits per heavy atom. The number of carboxylic acid groups (broad SMARTS) is 1. The Balaban J connectivity index is 1.95. The zero-order valence-electron chi connectivity index (χ0n) is 11.5. The van der Waals surface area contributed by atoms with Gasteiger partial charge in [-0.05, 0) is 5.56 Å². The van der Waals surface area contributed by atoms with E-state index in [0.717, 1.165) is 10.5 Å². The lowest BCUT2D eigenvalue weighted by Crippen LogP contribution is -2.40. The van der Waals surface area contributed by atoms with Crippen molar-refractivity contribution >= 4 is 12.1 Å². The van der Waals surface area contributed by atoms with Crippen LogP contribution in [-0.2, 0) is 20.9 Å². The van der Waals surface area contributed by atoms with E-state index in [1.807, 2.05) is 0 Å². The molecule has 22 heavy (non-hydrogen) atoms. The van der Waals surface area contributed by atoms with Crippen LogP contribution in [0.5, 0.6) is 0 Å². The lowest BCUT2D eigenvalue weighted by molar-refractivity contribution is -0.159. The SMILES string of the molecule is O=C(O)[C@@H]1C[C@@H](OC(F)F)CN1C(=O)OCc1ccccc1. The van der Waals surface area contributed by atoms with Crippen molar-refractivity contribution in [1.29, 1.82) is 0 Å². The maximum absolute atomic E-state index is 12.2.